The van der Waals surface area contributed by atoms with Crippen molar-refractivity contribution < 1.29 is 29.0 Å². The molecular weight excluding hydrogens is 362 g/mol. The lowest BCUT2D eigenvalue weighted by Crippen LogP contribution is -2.30. The van der Waals surface area contributed by atoms with Gasteiger partial charge in [0.05, 0.1) is 6.61 Å². The van der Waals surface area contributed by atoms with Crippen molar-refractivity contribution in [1.82, 2.24) is 0 Å². The van der Waals surface area contributed by atoms with Crippen molar-refractivity contribution in [3.63, 3.8) is 0 Å². The van der Waals surface area contributed by atoms with Gasteiger partial charge in [0.15, 0.2) is 11.9 Å². The van der Waals surface area contributed by atoms with E-state index in [4.69, 9.17) is 14.6 Å². The van der Waals surface area contributed by atoms with Crippen LogP contribution in [0.25, 0.3) is 0 Å². The summed E-state index contributed by atoms with van der Waals surface area (Å²) in [5.41, 5.74) is 1.10. The molecule has 0 spiro atoms. The van der Waals surface area contributed by atoms with E-state index in [1.165, 1.54) is 6.92 Å². The summed E-state index contributed by atoms with van der Waals surface area (Å²) in [5.74, 6) is -0.226. The van der Waals surface area contributed by atoms with Crippen LogP contribution in [0.15, 0.2) is 48.5 Å². The van der Waals surface area contributed by atoms with Gasteiger partial charge in [-0.25, -0.2) is 0 Å². The molecule has 0 bridgehead atoms. The highest BCUT2D eigenvalue weighted by atomic mass is 16.5. The second-order valence-corrected chi connectivity index (χ2v) is 6.20. The number of amides is 1. The lowest BCUT2D eigenvalue weighted by atomic mass is 10.1. The third kappa shape index (κ3) is 6.75. The zero-order valence-electron chi connectivity index (χ0n) is 15.8. The molecule has 0 aromatic heterocycles. The predicted octanol–water partition coefficient (Wildman–Crippen LogP) is 3.54. The summed E-state index contributed by atoms with van der Waals surface area (Å²) in [5, 5.41) is 11.3. The zero-order valence-corrected chi connectivity index (χ0v) is 15.8. The smallest absolute Gasteiger partial charge is 0.303 e. The van der Waals surface area contributed by atoms with Crippen LogP contribution < -0.4 is 14.8 Å². The summed E-state index contributed by atoms with van der Waals surface area (Å²) in [6.45, 7) is 3.40. The van der Waals surface area contributed by atoms with E-state index in [-0.39, 0.29) is 18.1 Å². The van der Waals surface area contributed by atoms with Gasteiger partial charge < -0.3 is 19.9 Å². The first-order valence-corrected chi connectivity index (χ1v) is 8.88. The van der Waals surface area contributed by atoms with E-state index in [2.05, 4.69) is 5.32 Å². The number of hydrogen-bond acceptors (Lipinski definition) is 5. The fraction of sp³-hybridized carbons (Fsp3) is 0.286. The number of ether oxygens (including phenoxy) is 2. The summed E-state index contributed by atoms with van der Waals surface area (Å²) in [7, 11) is 0. The molecule has 0 radical (unpaired) electrons. The summed E-state index contributed by atoms with van der Waals surface area (Å²) in [4.78, 5) is 34.2. The summed E-state index contributed by atoms with van der Waals surface area (Å²) in [6.07, 6.45) is -0.274. The molecule has 2 N–H and O–H groups in total. The summed E-state index contributed by atoms with van der Waals surface area (Å²) < 4.78 is 11.1. The van der Waals surface area contributed by atoms with E-state index in [1.807, 2.05) is 0 Å². The third-order valence-corrected chi connectivity index (χ3v) is 3.85. The quantitative estimate of drug-likeness (QED) is 0.479. The van der Waals surface area contributed by atoms with Gasteiger partial charge in [0.2, 0.25) is 0 Å². The molecule has 0 saturated heterocycles. The molecule has 1 atom stereocenters. The molecule has 0 fully saturated rings. The molecule has 2 aromatic carbocycles. The average Bonchev–Trinajstić information content (AvgIpc) is 2.66. The topological polar surface area (TPSA) is 102 Å². The van der Waals surface area contributed by atoms with Gasteiger partial charge in [-0.1, -0.05) is 12.1 Å². The molecule has 2 rings (SSSR count). The van der Waals surface area contributed by atoms with Crippen LogP contribution in [-0.4, -0.2) is 35.5 Å². The van der Waals surface area contributed by atoms with Crippen LogP contribution in [0.2, 0.25) is 0 Å². The van der Waals surface area contributed by atoms with Crippen molar-refractivity contribution in [3.05, 3.63) is 54.1 Å². The van der Waals surface area contributed by atoms with Crippen molar-refractivity contribution >= 4 is 23.3 Å². The number of carboxylic acids is 1. The van der Waals surface area contributed by atoms with Crippen molar-refractivity contribution in [1.29, 1.82) is 0 Å². The number of aliphatic carboxylic acids is 1. The molecule has 0 aliphatic carbocycles. The van der Waals surface area contributed by atoms with Gasteiger partial charge in [-0.15, -0.1) is 0 Å². The van der Waals surface area contributed by atoms with Crippen LogP contribution >= 0.6 is 0 Å². The highest BCUT2D eigenvalue weighted by Crippen LogP contribution is 2.18. The van der Waals surface area contributed by atoms with Gasteiger partial charge in [0.25, 0.3) is 5.91 Å². The van der Waals surface area contributed by atoms with E-state index in [9.17, 15) is 14.4 Å². The van der Waals surface area contributed by atoms with Crippen molar-refractivity contribution in [2.75, 3.05) is 11.9 Å². The van der Waals surface area contributed by atoms with Crippen LogP contribution in [-0.2, 0) is 9.59 Å². The van der Waals surface area contributed by atoms with E-state index in [1.54, 1.807) is 55.5 Å². The van der Waals surface area contributed by atoms with Crippen LogP contribution in [0.1, 0.15) is 37.0 Å². The third-order valence-electron chi connectivity index (χ3n) is 3.85. The molecule has 1 unspecified atom stereocenters. The Morgan fingerprint density at radius 3 is 2.43 bits per heavy atom. The van der Waals surface area contributed by atoms with Crippen LogP contribution in [0.3, 0.4) is 0 Å². The molecule has 28 heavy (non-hydrogen) atoms. The Labute approximate surface area is 163 Å². The Morgan fingerprint density at radius 2 is 1.79 bits per heavy atom. The molecule has 0 saturated carbocycles. The highest BCUT2D eigenvalue weighted by Gasteiger charge is 2.15. The van der Waals surface area contributed by atoms with Crippen LogP contribution in [0.5, 0.6) is 11.5 Å². The second-order valence-electron chi connectivity index (χ2n) is 6.20. The van der Waals surface area contributed by atoms with Gasteiger partial charge in [-0.2, -0.15) is 0 Å². The number of carbonyl (C=O) groups is 3. The van der Waals surface area contributed by atoms with Gasteiger partial charge in [-0.05, 0) is 56.7 Å². The predicted molar refractivity (Wildman–Crippen MR) is 104 cm³/mol. The fourth-order valence-corrected chi connectivity index (χ4v) is 2.34. The number of hydrogen-bond donors (Lipinski definition) is 2. The van der Waals surface area contributed by atoms with E-state index >= 15 is 0 Å². The van der Waals surface area contributed by atoms with Crippen molar-refractivity contribution in [3.8, 4) is 11.5 Å². The minimum atomic E-state index is -0.856. The molecule has 2 aromatic rings. The Kier molecular flexibility index (Phi) is 7.56. The van der Waals surface area contributed by atoms with Gasteiger partial charge >= 0.3 is 5.97 Å². The first-order valence-electron chi connectivity index (χ1n) is 8.88. The molecule has 0 aliphatic rings. The number of nitrogens with one attached hydrogen (secondary N) is 1. The molecule has 0 heterocycles. The van der Waals surface area contributed by atoms with E-state index in [0.717, 1.165) is 0 Å². The maximum Gasteiger partial charge on any atom is 0.303 e. The maximum atomic E-state index is 12.3. The van der Waals surface area contributed by atoms with E-state index < -0.39 is 12.1 Å². The lowest BCUT2D eigenvalue weighted by Gasteiger charge is -2.15. The number of ketones is 1. The average molecular weight is 385 g/mol. The largest absolute Gasteiger partial charge is 0.494 e. The summed E-state index contributed by atoms with van der Waals surface area (Å²) >= 11 is 0. The number of benzene rings is 2. The van der Waals surface area contributed by atoms with Crippen LogP contribution in [0, 0.1) is 0 Å². The standard InChI is InChI=1S/C21H23NO6/c1-14(23)16-5-3-6-19(13-16)28-15(2)21(26)22-17-8-10-18(11-9-17)27-12-4-7-20(24)25/h3,5-6,8-11,13,15H,4,7,12H2,1-2H3,(H,22,26)(H,24,25). The first kappa shape index (κ1) is 21.0. The molecule has 1 amide bonds. The number of Topliss-reactive ketones (excluding diaryl/α,β-unsaturated/α-hetero) is 1. The molecule has 148 valence electrons. The molecule has 7 heteroatoms. The fourth-order valence-electron chi connectivity index (χ4n) is 2.34. The first-order chi connectivity index (χ1) is 13.3. The number of carbonyl (C=O) groups excluding carboxylic acids is 2. The normalized spacial score (nSPS) is 11.4. The molecular formula is C21H23NO6. The minimum Gasteiger partial charge on any atom is -0.494 e. The number of rotatable bonds is 10. The number of anilines is 1. The SMILES string of the molecule is CC(=O)c1cccc(OC(C)C(=O)Nc2ccc(OCCCC(=O)O)cc2)c1. The zero-order chi connectivity index (χ0) is 20.5. The monoisotopic (exact) mass is 385 g/mol. The minimum absolute atomic E-state index is 0.0569. The highest BCUT2D eigenvalue weighted by molar-refractivity contribution is 5.95. The Bertz CT molecular complexity index is 831. The van der Waals surface area contributed by atoms with Crippen molar-refractivity contribution in [2.24, 2.45) is 0 Å². The second kappa shape index (κ2) is 10.1. The lowest BCUT2D eigenvalue weighted by molar-refractivity contribution is -0.137. The van der Waals surface area contributed by atoms with Gasteiger partial charge in [-0.3, -0.25) is 14.4 Å². The summed E-state index contributed by atoms with van der Waals surface area (Å²) in [6, 6.07) is 13.4. The van der Waals surface area contributed by atoms with Crippen molar-refractivity contribution in [2.45, 2.75) is 32.8 Å². The number of carboxylic acid groups (broad SMARTS) is 1. The van der Waals surface area contributed by atoms with E-state index in [0.29, 0.717) is 35.8 Å². The Hall–Kier alpha value is -3.35. The Balaban J connectivity index is 1.85. The van der Waals surface area contributed by atoms with Gasteiger partial charge in [0, 0.05) is 17.7 Å². The maximum absolute atomic E-state index is 12.3. The van der Waals surface area contributed by atoms with Crippen LogP contribution in [0.4, 0.5) is 5.69 Å². The van der Waals surface area contributed by atoms with Gasteiger partial charge in [0.1, 0.15) is 11.5 Å². The molecule has 7 nitrogen and oxygen atoms in total. The molecule has 0 aliphatic heterocycles. The Morgan fingerprint density at radius 1 is 1.07 bits per heavy atom.